The van der Waals surface area contributed by atoms with Crippen LogP contribution in [-0.2, 0) is 9.53 Å². The summed E-state index contributed by atoms with van der Waals surface area (Å²) < 4.78 is 22.4. The van der Waals surface area contributed by atoms with Gasteiger partial charge < -0.3 is 28.3 Å². The molecule has 1 aromatic carbocycles. The number of aliphatic hydroxyl groups is 1. The maximum Gasteiger partial charge on any atom is 0.290 e. The van der Waals surface area contributed by atoms with Gasteiger partial charge in [0.1, 0.15) is 17.6 Å². The minimum Gasteiger partial charge on any atom is -0.503 e. The molecule has 0 saturated carbocycles. The summed E-state index contributed by atoms with van der Waals surface area (Å²) in [6, 6.07) is 9.40. The summed E-state index contributed by atoms with van der Waals surface area (Å²) >= 11 is 0. The van der Waals surface area contributed by atoms with Gasteiger partial charge in [-0.3, -0.25) is 9.59 Å². The highest BCUT2D eigenvalue weighted by Crippen LogP contribution is 2.40. The highest BCUT2D eigenvalue weighted by molar-refractivity contribution is 6.16. The molecular weight excluding hydrogens is 414 g/mol. The smallest absolute Gasteiger partial charge is 0.290 e. The molecule has 2 aromatic heterocycles. The minimum atomic E-state index is -0.894. The largest absolute Gasteiger partial charge is 0.503 e. The molecule has 0 radical (unpaired) electrons. The predicted octanol–water partition coefficient (Wildman–Crippen LogP) is 4.35. The molecule has 1 amide bonds. The first-order valence-corrected chi connectivity index (χ1v) is 10.3. The molecule has 0 bridgehead atoms. The van der Waals surface area contributed by atoms with Gasteiger partial charge in [0, 0.05) is 11.9 Å². The van der Waals surface area contributed by atoms with Crippen molar-refractivity contribution in [2.75, 3.05) is 20.3 Å². The Kier molecular flexibility index (Phi) is 5.80. The van der Waals surface area contributed by atoms with Crippen LogP contribution in [0, 0.1) is 6.92 Å². The molecule has 0 spiro atoms. The van der Waals surface area contributed by atoms with Crippen molar-refractivity contribution in [1.82, 2.24) is 4.90 Å². The molecule has 1 N–H and O–H groups in total. The fraction of sp³-hybridized carbons (Fsp3) is 0.333. The van der Waals surface area contributed by atoms with E-state index in [0.717, 1.165) is 0 Å². The molecule has 0 saturated heterocycles. The van der Waals surface area contributed by atoms with Crippen LogP contribution >= 0.6 is 0 Å². The summed E-state index contributed by atoms with van der Waals surface area (Å²) in [6.07, 6.45) is -0.0230. The molecule has 8 nitrogen and oxygen atoms in total. The van der Waals surface area contributed by atoms with Crippen LogP contribution < -0.4 is 4.74 Å². The number of para-hydroxylation sites is 1. The van der Waals surface area contributed by atoms with Crippen LogP contribution in [0.3, 0.4) is 0 Å². The van der Waals surface area contributed by atoms with Gasteiger partial charge in [-0.25, -0.2) is 0 Å². The van der Waals surface area contributed by atoms with E-state index < -0.39 is 23.5 Å². The lowest BCUT2D eigenvalue weighted by Gasteiger charge is -2.25. The van der Waals surface area contributed by atoms with Gasteiger partial charge >= 0.3 is 0 Å². The van der Waals surface area contributed by atoms with E-state index in [-0.39, 0.29) is 30.6 Å². The number of hydrogen-bond acceptors (Lipinski definition) is 7. The fourth-order valence-electron chi connectivity index (χ4n) is 3.84. The Morgan fingerprint density at radius 3 is 2.66 bits per heavy atom. The molecule has 3 aromatic rings. The number of nitrogens with zero attached hydrogens (tertiary/aromatic N) is 1. The monoisotopic (exact) mass is 439 g/mol. The molecular formula is C24H25NO7. The molecule has 4 rings (SSSR count). The highest BCUT2D eigenvalue weighted by Gasteiger charge is 2.46. The minimum absolute atomic E-state index is 0.00703. The van der Waals surface area contributed by atoms with Crippen LogP contribution in [0.2, 0.25) is 0 Å². The number of rotatable bonds is 8. The first kappa shape index (κ1) is 21.7. The number of carbonyl (C=O) groups is 2. The van der Waals surface area contributed by atoms with Crippen molar-refractivity contribution in [3.8, 4) is 5.75 Å². The van der Waals surface area contributed by atoms with Gasteiger partial charge in [0.2, 0.25) is 5.78 Å². The summed E-state index contributed by atoms with van der Waals surface area (Å²) in [6.45, 7) is 5.97. The summed E-state index contributed by atoms with van der Waals surface area (Å²) in [5, 5.41) is 11.4. The van der Waals surface area contributed by atoms with Crippen molar-refractivity contribution in [2.45, 2.75) is 32.9 Å². The van der Waals surface area contributed by atoms with Crippen molar-refractivity contribution < 1.29 is 33.0 Å². The van der Waals surface area contributed by atoms with E-state index in [9.17, 15) is 14.7 Å². The Hall–Kier alpha value is -3.52. The third-order valence-electron chi connectivity index (χ3n) is 5.31. The zero-order valence-corrected chi connectivity index (χ0v) is 18.4. The number of amides is 1. The van der Waals surface area contributed by atoms with Crippen LogP contribution in [0.5, 0.6) is 5.75 Å². The summed E-state index contributed by atoms with van der Waals surface area (Å²) in [7, 11) is 1.51. The van der Waals surface area contributed by atoms with E-state index in [1.165, 1.54) is 12.0 Å². The lowest BCUT2D eigenvalue weighted by molar-refractivity contribution is -0.130. The fourth-order valence-corrected chi connectivity index (χ4v) is 3.84. The number of carbonyl (C=O) groups excluding carboxylic acids is 2. The number of furan rings is 2. The van der Waals surface area contributed by atoms with E-state index in [0.29, 0.717) is 28.2 Å². The van der Waals surface area contributed by atoms with Gasteiger partial charge in [-0.05, 0) is 45.0 Å². The molecule has 1 aliphatic rings. The molecule has 0 fully saturated rings. The predicted molar refractivity (Wildman–Crippen MR) is 116 cm³/mol. The third kappa shape index (κ3) is 3.78. The molecule has 1 atom stereocenters. The van der Waals surface area contributed by atoms with Gasteiger partial charge in [-0.1, -0.05) is 12.1 Å². The first-order valence-electron chi connectivity index (χ1n) is 10.3. The number of methoxy groups -OCH3 is 1. The Labute approximate surface area is 185 Å². The first-order chi connectivity index (χ1) is 15.3. The highest BCUT2D eigenvalue weighted by atomic mass is 16.5. The number of ether oxygens (including phenoxy) is 2. The average Bonchev–Trinajstić information content (AvgIpc) is 3.45. The Morgan fingerprint density at radius 1 is 1.22 bits per heavy atom. The lowest BCUT2D eigenvalue weighted by Crippen LogP contribution is -2.34. The van der Waals surface area contributed by atoms with Crippen molar-refractivity contribution in [2.24, 2.45) is 0 Å². The maximum absolute atomic E-state index is 13.5. The van der Waals surface area contributed by atoms with Gasteiger partial charge in [0.05, 0.1) is 25.4 Å². The topological polar surface area (TPSA) is 102 Å². The molecule has 0 aliphatic carbocycles. The quantitative estimate of drug-likeness (QED) is 0.521. The molecule has 8 heteroatoms. The Morgan fingerprint density at radius 2 is 2.00 bits per heavy atom. The lowest BCUT2D eigenvalue weighted by atomic mass is 9.99. The standard InChI is InChI=1S/C24H25NO7/c1-13(2)30-11-10-25-20(16-9-8-14(3)31-16)19(22(27)24(25)28)21(26)18-12-15-6-5-7-17(29-4)23(15)32-18/h5-9,12-13,20,27H,10-11H2,1-4H3. The molecule has 3 heterocycles. The maximum atomic E-state index is 13.5. The molecule has 1 aliphatic heterocycles. The second-order valence-electron chi connectivity index (χ2n) is 7.85. The summed E-state index contributed by atoms with van der Waals surface area (Å²) in [5.41, 5.74) is 0.322. The van der Waals surface area contributed by atoms with E-state index in [1.807, 2.05) is 13.8 Å². The van der Waals surface area contributed by atoms with Crippen LogP contribution in [0.4, 0.5) is 0 Å². The number of aryl methyl sites for hydroxylation is 1. The Balaban J connectivity index is 1.74. The van der Waals surface area contributed by atoms with E-state index in [4.69, 9.17) is 18.3 Å². The zero-order chi connectivity index (χ0) is 23.0. The van der Waals surface area contributed by atoms with Gasteiger partial charge in [0.25, 0.3) is 5.91 Å². The Bertz CT molecular complexity index is 1200. The molecule has 1 unspecified atom stereocenters. The van der Waals surface area contributed by atoms with Crippen LogP contribution in [0.15, 0.2) is 56.6 Å². The van der Waals surface area contributed by atoms with E-state index in [2.05, 4.69) is 0 Å². The normalized spacial score (nSPS) is 16.6. The van der Waals surface area contributed by atoms with Crippen molar-refractivity contribution >= 4 is 22.7 Å². The molecule has 32 heavy (non-hydrogen) atoms. The van der Waals surface area contributed by atoms with Gasteiger partial charge in [-0.15, -0.1) is 0 Å². The van der Waals surface area contributed by atoms with Crippen LogP contribution in [-0.4, -0.2) is 48.1 Å². The number of aliphatic hydroxyl groups excluding tert-OH is 1. The second-order valence-corrected chi connectivity index (χ2v) is 7.85. The van der Waals surface area contributed by atoms with E-state index in [1.54, 1.807) is 43.3 Å². The van der Waals surface area contributed by atoms with Crippen LogP contribution in [0.25, 0.3) is 11.0 Å². The summed E-state index contributed by atoms with van der Waals surface area (Å²) in [5.74, 6) is -0.404. The molecule has 168 valence electrons. The van der Waals surface area contributed by atoms with Gasteiger partial charge in [-0.2, -0.15) is 0 Å². The third-order valence-corrected chi connectivity index (χ3v) is 5.31. The summed E-state index contributed by atoms with van der Waals surface area (Å²) in [4.78, 5) is 27.8. The average molecular weight is 439 g/mol. The number of ketones is 1. The second kappa shape index (κ2) is 8.55. The van der Waals surface area contributed by atoms with Crippen molar-refractivity contribution in [1.29, 1.82) is 0 Å². The zero-order valence-electron chi connectivity index (χ0n) is 18.4. The number of hydrogen-bond donors (Lipinski definition) is 1. The number of Topliss-reactive ketones (excluding diaryl/α,β-unsaturated/α-hetero) is 1. The van der Waals surface area contributed by atoms with Crippen molar-refractivity contribution in [3.05, 3.63) is 65.0 Å². The van der Waals surface area contributed by atoms with Crippen LogP contribution in [0.1, 0.15) is 42.0 Å². The van der Waals surface area contributed by atoms with Gasteiger partial charge in [0.15, 0.2) is 22.9 Å². The SMILES string of the molecule is COc1cccc2cc(C(=O)C3=C(O)C(=O)N(CCOC(C)C)C3c3ccc(C)o3)oc12. The van der Waals surface area contributed by atoms with E-state index >= 15 is 0 Å². The number of fused-ring (bicyclic) bond motifs is 1. The van der Waals surface area contributed by atoms with Crippen molar-refractivity contribution in [3.63, 3.8) is 0 Å². The number of benzene rings is 1.